The van der Waals surface area contributed by atoms with Crippen LogP contribution in [0.15, 0.2) is 78.5 Å². The van der Waals surface area contributed by atoms with E-state index in [9.17, 15) is 47.7 Å². The second-order valence-corrected chi connectivity index (χ2v) is 15.5. The molecule has 4 N–H and O–H groups in total. The number of nitrogens with zero attached hydrogens (tertiary/aromatic N) is 3. The third kappa shape index (κ3) is 6.00. The minimum absolute atomic E-state index is 0.0177. The highest BCUT2D eigenvalue weighted by atomic mass is 35.5. The van der Waals surface area contributed by atoms with Crippen molar-refractivity contribution >= 4 is 64.3 Å². The molecular weight excluding hydrogens is 836 g/mol. The van der Waals surface area contributed by atoms with Crippen molar-refractivity contribution in [3.05, 3.63) is 111 Å². The lowest BCUT2D eigenvalue weighted by molar-refractivity contribution is -0.139. The molecule has 19 heteroatoms. The molecule has 1 aromatic heterocycles. The van der Waals surface area contributed by atoms with E-state index in [-0.39, 0.29) is 46.2 Å². The summed E-state index contributed by atoms with van der Waals surface area (Å²) in [5.41, 5.74) is -0.549. The van der Waals surface area contributed by atoms with Gasteiger partial charge >= 0.3 is 12.1 Å². The van der Waals surface area contributed by atoms with Crippen molar-refractivity contribution in [2.24, 2.45) is 23.7 Å². The zero-order valence-corrected chi connectivity index (χ0v) is 32.7. The van der Waals surface area contributed by atoms with E-state index in [1.54, 1.807) is 6.08 Å². The van der Waals surface area contributed by atoms with Crippen molar-refractivity contribution in [2.75, 3.05) is 24.5 Å². The molecule has 3 heterocycles. The number of carboxylic acids is 1. The number of nitrogens with one attached hydrogen (secondary N) is 1. The van der Waals surface area contributed by atoms with Crippen LogP contribution in [0, 0.1) is 23.7 Å². The molecule has 0 unspecified atom stereocenters. The number of alkyl halides is 3. The largest absolute Gasteiger partial charge is 0.507 e. The van der Waals surface area contributed by atoms with Crippen LogP contribution in [-0.4, -0.2) is 69.1 Å². The van der Waals surface area contributed by atoms with Gasteiger partial charge in [-0.05, 0) is 54.7 Å². The number of hydrazine groups is 1. The topological polar surface area (TPSA) is 196 Å². The Balaban J connectivity index is 1.33. The lowest BCUT2D eigenvalue weighted by atomic mass is 9.49. The van der Waals surface area contributed by atoms with Crippen LogP contribution in [0.2, 0.25) is 10.0 Å². The summed E-state index contributed by atoms with van der Waals surface area (Å²) in [6.45, 7) is 0. The van der Waals surface area contributed by atoms with Crippen molar-refractivity contribution in [2.45, 2.75) is 30.4 Å². The number of aromatic carboxylic acids is 1. The minimum atomic E-state index is -4.81. The van der Waals surface area contributed by atoms with E-state index in [2.05, 4.69) is 10.4 Å². The fourth-order valence-corrected chi connectivity index (χ4v) is 9.69. The number of allylic oxidation sites excluding steroid dienone is 2. The molecule has 6 atom stereocenters. The van der Waals surface area contributed by atoms with Gasteiger partial charge in [-0.15, -0.1) is 0 Å². The van der Waals surface area contributed by atoms with Gasteiger partial charge < -0.3 is 24.8 Å². The molecule has 4 aliphatic rings. The van der Waals surface area contributed by atoms with Gasteiger partial charge in [-0.3, -0.25) is 24.6 Å². The van der Waals surface area contributed by atoms with Gasteiger partial charge in [-0.1, -0.05) is 47.0 Å². The Morgan fingerprint density at radius 2 is 1.63 bits per heavy atom. The van der Waals surface area contributed by atoms with Crippen molar-refractivity contribution in [1.82, 2.24) is 9.99 Å². The van der Waals surface area contributed by atoms with Crippen LogP contribution in [0.25, 0.3) is 0 Å². The van der Waals surface area contributed by atoms with Crippen LogP contribution < -0.4 is 19.8 Å². The molecule has 60 heavy (non-hydrogen) atoms. The summed E-state index contributed by atoms with van der Waals surface area (Å²) in [4.78, 5) is 75.4. The fourth-order valence-electron chi connectivity index (χ4n) is 9.36. The van der Waals surface area contributed by atoms with E-state index in [0.717, 1.165) is 17.0 Å². The Hall–Kier alpha value is -6.33. The number of carbonyl (C=O) groups is 5. The summed E-state index contributed by atoms with van der Waals surface area (Å²) in [6.07, 6.45) is -2.93. The number of carboxylic acid groups (broad SMARTS) is 1. The Bertz CT molecular complexity index is 2570. The van der Waals surface area contributed by atoms with Gasteiger partial charge in [-0.25, -0.2) is 14.7 Å². The number of halogens is 5. The van der Waals surface area contributed by atoms with Crippen LogP contribution >= 0.6 is 23.2 Å². The highest BCUT2D eigenvalue weighted by molar-refractivity contribution is 6.33. The van der Waals surface area contributed by atoms with E-state index >= 15 is 4.79 Å². The maximum absolute atomic E-state index is 15.5. The second kappa shape index (κ2) is 14.4. The Morgan fingerprint density at radius 3 is 2.25 bits per heavy atom. The minimum Gasteiger partial charge on any atom is -0.507 e. The number of methoxy groups -OCH3 is 2. The Morgan fingerprint density at radius 1 is 0.917 bits per heavy atom. The molecule has 4 amide bonds. The first-order valence-corrected chi connectivity index (χ1v) is 18.9. The molecule has 3 aromatic carbocycles. The molecule has 2 saturated heterocycles. The lowest BCUT2D eigenvalue weighted by Gasteiger charge is -2.50. The average Bonchev–Trinajstić information content (AvgIpc) is 3.58. The number of aromatic hydroxyl groups is 2. The molecule has 2 aliphatic heterocycles. The van der Waals surface area contributed by atoms with Crippen molar-refractivity contribution < 1.29 is 61.9 Å². The molecule has 1 saturated carbocycles. The number of amides is 4. The number of phenols is 2. The normalized spacial score (nSPS) is 24.8. The van der Waals surface area contributed by atoms with E-state index < -0.39 is 104 Å². The summed E-state index contributed by atoms with van der Waals surface area (Å²) in [5, 5.41) is 32.1. The average molecular weight is 868 g/mol. The quantitative estimate of drug-likeness (QED) is 0.108. The predicted molar refractivity (Wildman–Crippen MR) is 206 cm³/mol. The van der Waals surface area contributed by atoms with Gasteiger partial charge in [0, 0.05) is 40.9 Å². The summed E-state index contributed by atoms with van der Waals surface area (Å²) >= 11 is 12.6. The van der Waals surface area contributed by atoms with Gasteiger partial charge in [0.15, 0.2) is 5.82 Å². The molecule has 3 fully saturated rings. The molecule has 8 rings (SSSR count). The van der Waals surface area contributed by atoms with Crippen LogP contribution in [-0.2, 0) is 30.8 Å². The third-order valence-electron chi connectivity index (χ3n) is 11.9. The third-order valence-corrected chi connectivity index (χ3v) is 12.4. The van der Waals surface area contributed by atoms with Gasteiger partial charge in [0.05, 0.1) is 53.7 Å². The number of phenolic OH excluding ortho intramolecular Hbond substituents is 1. The zero-order valence-electron chi connectivity index (χ0n) is 31.2. The molecule has 0 spiro atoms. The summed E-state index contributed by atoms with van der Waals surface area (Å²) in [5.74, 6) is -11.9. The van der Waals surface area contributed by atoms with Crippen molar-refractivity contribution in [1.29, 1.82) is 0 Å². The second-order valence-electron chi connectivity index (χ2n) is 14.7. The number of anilines is 2. The monoisotopic (exact) mass is 866 g/mol. The maximum atomic E-state index is 15.5. The highest BCUT2D eigenvalue weighted by Gasteiger charge is 2.71. The number of ether oxygens (including phenoxy) is 2. The van der Waals surface area contributed by atoms with Crippen molar-refractivity contribution in [3.8, 4) is 23.0 Å². The first-order chi connectivity index (χ1) is 28.4. The van der Waals surface area contributed by atoms with Crippen LogP contribution in [0.4, 0.5) is 24.7 Å². The molecule has 310 valence electrons. The predicted octanol–water partition coefficient (Wildman–Crippen LogP) is 6.72. The summed E-state index contributed by atoms with van der Waals surface area (Å²) in [6, 6.07) is 12.6. The molecule has 2 aliphatic carbocycles. The number of rotatable bonds is 8. The first-order valence-electron chi connectivity index (χ1n) is 18.2. The highest BCUT2D eigenvalue weighted by Crippen LogP contribution is 2.66. The van der Waals surface area contributed by atoms with Crippen LogP contribution in [0.5, 0.6) is 23.0 Å². The zero-order chi connectivity index (χ0) is 43.2. The fraction of sp³-hybridized carbons (Fsp3) is 0.268. The number of fused-ring (bicyclic) bond motifs is 4. The molecule has 0 bridgehead atoms. The molecule has 0 radical (unpaired) electrons. The van der Waals surface area contributed by atoms with Crippen molar-refractivity contribution in [3.63, 3.8) is 0 Å². The number of carbonyl (C=O) groups excluding carboxylic acids is 4. The SMILES string of the molecule is COc1cc(O)c([C@H]2C3=CC[C@@H]4C(=O)N(c5ccc(C(=O)O)c(O)c5)C(=O)[C@@H]4[C@@H]3C[C@H]3C(=O)N(Nc4ncc(C(F)(F)F)cc4Cl)C(=O)[C@@]23c2ccc(Cl)cc2)c(OC)c1. The van der Waals surface area contributed by atoms with E-state index in [4.69, 9.17) is 32.7 Å². The molecule has 4 aromatic rings. The van der Waals surface area contributed by atoms with E-state index in [0.29, 0.717) is 22.8 Å². The number of aromatic nitrogens is 1. The van der Waals surface area contributed by atoms with E-state index in [1.807, 2.05) is 0 Å². The van der Waals surface area contributed by atoms with Gasteiger partial charge in [-0.2, -0.15) is 18.2 Å². The summed E-state index contributed by atoms with van der Waals surface area (Å²) < 4.78 is 51.8. The standard InChI is InChI=1S/C41H31Cl2F3N4O10/c1-59-21-13-29(52)32(30(14-21)60-2)33-22-9-10-24-31(37(55)49(35(24)53)20-7-8-23(38(56)57)28(51)12-20)25(22)15-26-36(54)50(39(58)40(26,33)17-3-5-19(42)6-4-17)48-34-27(43)11-18(16-47-34)41(44,45)46/h3-9,11-14,16,24-26,31,33,51-52H,10,15H2,1-2H3,(H,47,48)(H,56,57)/t24-,25+,26-,31-,33+,40+/m0/s1. The van der Waals surface area contributed by atoms with Gasteiger partial charge in [0.1, 0.15) is 28.6 Å². The number of benzene rings is 3. The van der Waals surface area contributed by atoms with E-state index in [1.165, 1.54) is 56.7 Å². The molecule has 14 nitrogen and oxygen atoms in total. The van der Waals surface area contributed by atoms with Gasteiger partial charge in [0.25, 0.3) is 11.8 Å². The lowest BCUT2D eigenvalue weighted by Crippen LogP contribution is -2.53. The van der Waals surface area contributed by atoms with Gasteiger partial charge in [0.2, 0.25) is 11.8 Å². The number of hydrogen-bond acceptors (Lipinski definition) is 11. The summed E-state index contributed by atoms with van der Waals surface area (Å²) in [7, 11) is 2.66. The number of pyridine rings is 1. The molecular formula is C41H31Cl2F3N4O10. The number of imide groups is 2. The number of hydrogen-bond donors (Lipinski definition) is 4. The van der Waals surface area contributed by atoms with Crippen LogP contribution in [0.3, 0.4) is 0 Å². The smallest absolute Gasteiger partial charge is 0.417 e. The Kier molecular flexibility index (Phi) is 9.74. The first kappa shape index (κ1) is 40.4. The maximum Gasteiger partial charge on any atom is 0.417 e. The van der Waals surface area contributed by atoms with Crippen LogP contribution in [0.1, 0.15) is 45.8 Å². The Labute approximate surface area is 347 Å².